The molecule has 2 amide bonds. The molecule has 1 atom stereocenters. The van der Waals surface area contributed by atoms with E-state index in [-0.39, 0.29) is 19.1 Å². The molecule has 0 aromatic rings. The van der Waals surface area contributed by atoms with Crippen molar-refractivity contribution in [2.45, 2.75) is 13.0 Å². The van der Waals surface area contributed by atoms with Gasteiger partial charge in [0, 0.05) is 12.6 Å². The number of amides is 2. The normalized spacial score (nSPS) is 12.4. The van der Waals surface area contributed by atoms with Gasteiger partial charge >= 0.3 is 0 Å². The summed E-state index contributed by atoms with van der Waals surface area (Å²) in [6.07, 6.45) is 0. The second kappa shape index (κ2) is 6.38. The Morgan fingerprint density at radius 3 is 2.23 bits per heavy atom. The van der Waals surface area contributed by atoms with E-state index in [0.717, 1.165) is 0 Å². The van der Waals surface area contributed by atoms with Gasteiger partial charge in [-0.1, -0.05) is 0 Å². The van der Waals surface area contributed by atoms with Crippen molar-refractivity contribution in [3.63, 3.8) is 0 Å². The van der Waals surface area contributed by atoms with Crippen LogP contribution in [0.2, 0.25) is 0 Å². The maximum atomic E-state index is 10.4. The first-order valence-corrected chi connectivity index (χ1v) is 4.03. The molecule has 0 heterocycles. The number of carbonyl (C=O) groups is 2. The Kier molecular flexibility index (Phi) is 5.82. The summed E-state index contributed by atoms with van der Waals surface area (Å²) in [4.78, 5) is 20.7. The van der Waals surface area contributed by atoms with Crippen LogP contribution < -0.4 is 22.1 Å². The number of rotatable bonds is 7. The van der Waals surface area contributed by atoms with Crippen LogP contribution in [0.15, 0.2) is 0 Å². The van der Waals surface area contributed by atoms with Crippen LogP contribution in [0.1, 0.15) is 6.92 Å². The second-order valence-corrected chi connectivity index (χ2v) is 2.85. The summed E-state index contributed by atoms with van der Waals surface area (Å²) in [6.45, 7) is 2.72. The predicted octanol–water partition coefficient (Wildman–Crippen LogP) is -2.48. The fourth-order valence-corrected chi connectivity index (χ4v) is 0.759. The highest BCUT2D eigenvalue weighted by Crippen LogP contribution is 1.76. The largest absolute Gasteiger partial charge is 0.369 e. The van der Waals surface area contributed by atoms with E-state index in [1.54, 1.807) is 0 Å². The first-order chi connectivity index (χ1) is 6.02. The molecule has 13 heavy (non-hydrogen) atoms. The summed E-state index contributed by atoms with van der Waals surface area (Å²) < 4.78 is 0. The van der Waals surface area contributed by atoms with E-state index in [1.807, 2.05) is 6.92 Å². The zero-order valence-electron chi connectivity index (χ0n) is 7.67. The lowest BCUT2D eigenvalue weighted by atomic mass is 10.3. The van der Waals surface area contributed by atoms with Crippen molar-refractivity contribution >= 4 is 11.8 Å². The number of nitrogens with two attached hydrogens (primary N) is 2. The minimum atomic E-state index is -0.401. The third kappa shape index (κ3) is 8.77. The Labute approximate surface area is 77.0 Å². The standard InChI is InChI=1S/C7H16N4O2/c1-5(11-4-7(9)13)2-10-3-6(8)12/h5,10-11H,2-4H2,1H3,(H2,8,12)(H2,9,13). The van der Waals surface area contributed by atoms with Crippen molar-refractivity contribution in [3.05, 3.63) is 0 Å². The van der Waals surface area contributed by atoms with E-state index in [2.05, 4.69) is 10.6 Å². The summed E-state index contributed by atoms with van der Waals surface area (Å²) in [5.74, 6) is -0.802. The average Bonchev–Trinajstić information content (AvgIpc) is 2.00. The van der Waals surface area contributed by atoms with Gasteiger partial charge in [-0.2, -0.15) is 0 Å². The first kappa shape index (κ1) is 11.9. The second-order valence-electron chi connectivity index (χ2n) is 2.85. The lowest BCUT2D eigenvalue weighted by Gasteiger charge is -2.12. The van der Waals surface area contributed by atoms with Crippen LogP contribution in [0.5, 0.6) is 0 Å². The van der Waals surface area contributed by atoms with Crippen molar-refractivity contribution in [2.24, 2.45) is 11.5 Å². The summed E-state index contributed by atoms with van der Waals surface area (Å²) in [6, 6.07) is 0.0758. The van der Waals surface area contributed by atoms with Crippen molar-refractivity contribution < 1.29 is 9.59 Å². The van der Waals surface area contributed by atoms with Crippen LogP contribution in [0.4, 0.5) is 0 Å². The Hall–Kier alpha value is -1.14. The molecule has 0 saturated heterocycles. The predicted molar refractivity (Wildman–Crippen MR) is 48.7 cm³/mol. The maximum Gasteiger partial charge on any atom is 0.231 e. The monoisotopic (exact) mass is 188 g/mol. The molecule has 0 radical (unpaired) electrons. The Balaban J connectivity index is 3.35. The molecule has 1 unspecified atom stereocenters. The summed E-state index contributed by atoms with van der Waals surface area (Å²) >= 11 is 0. The minimum Gasteiger partial charge on any atom is -0.369 e. The molecule has 0 aliphatic carbocycles. The molecule has 0 aromatic carbocycles. The number of hydrogen-bond acceptors (Lipinski definition) is 4. The maximum absolute atomic E-state index is 10.4. The van der Waals surface area contributed by atoms with E-state index in [4.69, 9.17) is 11.5 Å². The molecule has 6 nitrogen and oxygen atoms in total. The number of hydrogen-bond donors (Lipinski definition) is 4. The SMILES string of the molecule is CC(CNCC(N)=O)NCC(N)=O. The smallest absolute Gasteiger partial charge is 0.231 e. The van der Waals surface area contributed by atoms with Crippen LogP contribution in [0.25, 0.3) is 0 Å². The lowest BCUT2D eigenvalue weighted by Crippen LogP contribution is -2.42. The zero-order valence-corrected chi connectivity index (χ0v) is 7.67. The molecular formula is C7H16N4O2. The van der Waals surface area contributed by atoms with Crippen molar-refractivity contribution in [3.8, 4) is 0 Å². The Morgan fingerprint density at radius 1 is 1.23 bits per heavy atom. The van der Waals surface area contributed by atoms with Crippen LogP contribution >= 0.6 is 0 Å². The molecule has 0 aliphatic rings. The van der Waals surface area contributed by atoms with E-state index in [9.17, 15) is 9.59 Å². The van der Waals surface area contributed by atoms with Gasteiger partial charge in [0.05, 0.1) is 13.1 Å². The molecule has 76 valence electrons. The van der Waals surface area contributed by atoms with Gasteiger partial charge in [0.15, 0.2) is 0 Å². The highest BCUT2D eigenvalue weighted by Gasteiger charge is 2.02. The van der Waals surface area contributed by atoms with Gasteiger partial charge in [0.25, 0.3) is 0 Å². The average molecular weight is 188 g/mol. The molecule has 0 spiro atoms. The zero-order chi connectivity index (χ0) is 10.3. The van der Waals surface area contributed by atoms with Crippen LogP contribution in [-0.2, 0) is 9.59 Å². The minimum absolute atomic E-state index is 0.0758. The van der Waals surface area contributed by atoms with Crippen LogP contribution in [0, 0.1) is 0 Å². The molecule has 0 aliphatic heterocycles. The first-order valence-electron chi connectivity index (χ1n) is 4.03. The molecule has 0 rings (SSSR count). The number of nitrogens with one attached hydrogen (secondary N) is 2. The third-order valence-corrected chi connectivity index (χ3v) is 1.37. The number of carbonyl (C=O) groups excluding carboxylic acids is 2. The van der Waals surface area contributed by atoms with Gasteiger partial charge in [0.1, 0.15) is 0 Å². The summed E-state index contributed by atoms with van der Waals surface area (Å²) in [5, 5.41) is 5.69. The van der Waals surface area contributed by atoms with Gasteiger partial charge in [-0.05, 0) is 6.92 Å². The highest BCUT2D eigenvalue weighted by molar-refractivity contribution is 5.76. The van der Waals surface area contributed by atoms with E-state index in [1.165, 1.54) is 0 Å². The Morgan fingerprint density at radius 2 is 1.77 bits per heavy atom. The fourth-order valence-electron chi connectivity index (χ4n) is 0.759. The van der Waals surface area contributed by atoms with Gasteiger partial charge in [0.2, 0.25) is 11.8 Å². The molecule has 0 saturated carbocycles. The highest BCUT2D eigenvalue weighted by atomic mass is 16.1. The molecule has 0 fully saturated rings. The molecule has 6 N–H and O–H groups in total. The van der Waals surface area contributed by atoms with Crippen molar-refractivity contribution in [2.75, 3.05) is 19.6 Å². The van der Waals surface area contributed by atoms with Crippen molar-refractivity contribution in [1.29, 1.82) is 0 Å². The van der Waals surface area contributed by atoms with Crippen LogP contribution in [0.3, 0.4) is 0 Å². The van der Waals surface area contributed by atoms with E-state index in [0.29, 0.717) is 6.54 Å². The molecule has 0 aromatic heterocycles. The molecule has 0 bridgehead atoms. The van der Waals surface area contributed by atoms with E-state index >= 15 is 0 Å². The topological polar surface area (TPSA) is 110 Å². The van der Waals surface area contributed by atoms with Gasteiger partial charge in [-0.15, -0.1) is 0 Å². The van der Waals surface area contributed by atoms with Crippen molar-refractivity contribution in [1.82, 2.24) is 10.6 Å². The van der Waals surface area contributed by atoms with Gasteiger partial charge in [-0.3, -0.25) is 9.59 Å². The fraction of sp³-hybridized carbons (Fsp3) is 0.714. The molecule has 6 heteroatoms. The summed E-state index contributed by atoms with van der Waals surface area (Å²) in [7, 11) is 0. The lowest BCUT2D eigenvalue weighted by molar-refractivity contribution is -0.118. The third-order valence-electron chi connectivity index (χ3n) is 1.37. The molecular weight excluding hydrogens is 172 g/mol. The van der Waals surface area contributed by atoms with Gasteiger partial charge in [-0.25, -0.2) is 0 Å². The Bertz CT molecular complexity index is 183. The van der Waals surface area contributed by atoms with Crippen LogP contribution in [-0.4, -0.2) is 37.5 Å². The number of primary amides is 2. The van der Waals surface area contributed by atoms with Gasteiger partial charge < -0.3 is 22.1 Å². The summed E-state index contributed by atoms with van der Waals surface area (Å²) in [5.41, 5.74) is 9.83. The van der Waals surface area contributed by atoms with E-state index < -0.39 is 11.8 Å². The quantitative estimate of drug-likeness (QED) is 0.354.